The smallest absolute Gasteiger partial charge is 0.224 e. The molecule has 12 heteroatoms. The van der Waals surface area contributed by atoms with Gasteiger partial charge in [-0.3, -0.25) is 9.36 Å². The van der Waals surface area contributed by atoms with Crippen LogP contribution in [0.1, 0.15) is 57.9 Å². The molecule has 2 aliphatic rings. The first kappa shape index (κ1) is 25.2. The van der Waals surface area contributed by atoms with Crippen LogP contribution in [0.25, 0.3) is 11.2 Å². The molecular formula is C25H30F3N7O2. The Bertz CT molecular complexity index is 1310. The number of anilines is 3. The van der Waals surface area contributed by atoms with Gasteiger partial charge in [-0.05, 0) is 63.0 Å². The highest BCUT2D eigenvalue weighted by molar-refractivity contribution is 5.78. The highest BCUT2D eigenvalue weighted by atomic mass is 19.2. The Morgan fingerprint density at radius 1 is 1.08 bits per heavy atom. The maximum Gasteiger partial charge on any atom is 0.224 e. The number of aliphatic hydroxyl groups is 1. The third-order valence-electron chi connectivity index (χ3n) is 7.66. The van der Waals surface area contributed by atoms with Crippen LogP contribution in [-0.4, -0.2) is 42.7 Å². The van der Waals surface area contributed by atoms with E-state index in [1.165, 1.54) is 6.20 Å². The summed E-state index contributed by atoms with van der Waals surface area (Å²) in [6, 6.07) is 1.37. The van der Waals surface area contributed by atoms with Crippen LogP contribution in [0.2, 0.25) is 0 Å². The zero-order chi connectivity index (χ0) is 26.3. The monoisotopic (exact) mass is 517 g/mol. The molecule has 1 amide bonds. The number of hydrogen-bond donors (Lipinski definition) is 4. The molecular weight excluding hydrogens is 487 g/mol. The molecule has 5 N–H and O–H groups in total. The summed E-state index contributed by atoms with van der Waals surface area (Å²) in [6.45, 7) is 2.02. The lowest BCUT2D eigenvalue weighted by Gasteiger charge is -2.31. The number of nitrogens with zero attached hydrogens (tertiary/aromatic N) is 4. The number of rotatable bonds is 6. The molecule has 2 heterocycles. The number of imidazole rings is 1. The van der Waals surface area contributed by atoms with E-state index in [1.54, 1.807) is 4.57 Å². The first-order valence-electron chi connectivity index (χ1n) is 12.6. The molecule has 0 spiro atoms. The number of benzene rings is 1. The van der Waals surface area contributed by atoms with Gasteiger partial charge in [-0.1, -0.05) is 6.92 Å². The molecule has 2 aromatic heterocycles. The van der Waals surface area contributed by atoms with Gasteiger partial charge in [0.15, 0.2) is 17.3 Å². The molecule has 1 aromatic carbocycles. The lowest BCUT2D eigenvalue weighted by molar-refractivity contribution is -0.122. The second kappa shape index (κ2) is 10.2. The van der Waals surface area contributed by atoms with E-state index in [-0.39, 0.29) is 35.8 Å². The Hall–Kier alpha value is -3.41. The molecule has 5 rings (SSSR count). The van der Waals surface area contributed by atoms with Crippen molar-refractivity contribution in [2.24, 2.45) is 17.6 Å². The Morgan fingerprint density at radius 3 is 2.51 bits per heavy atom. The molecule has 0 aliphatic heterocycles. The van der Waals surface area contributed by atoms with E-state index in [4.69, 9.17) is 5.73 Å². The topological polar surface area (TPSA) is 131 Å². The van der Waals surface area contributed by atoms with E-state index < -0.39 is 29.2 Å². The molecule has 2 aliphatic carbocycles. The van der Waals surface area contributed by atoms with E-state index in [2.05, 4.69) is 25.6 Å². The maximum absolute atomic E-state index is 14.5. The number of hydrogen-bond acceptors (Lipinski definition) is 7. The van der Waals surface area contributed by atoms with Gasteiger partial charge in [0.05, 0.1) is 12.3 Å². The highest BCUT2D eigenvalue weighted by Gasteiger charge is 2.31. The lowest BCUT2D eigenvalue weighted by atomic mass is 9.85. The minimum atomic E-state index is -1.35. The summed E-state index contributed by atoms with van der Waals surface area (Å²) in [6.07, 6.45) is 5.66. The van der Waals surface area contributed by atoms with Crippen LogP contribution < -0.4 is 16.4 Å². The summed E-state index contributed by atoms with van der Waals surface area (Å²) in [7, 11) is 0. The number of nitrogens with two attached hydrogens (primary N) is 1. The van der Waals surface area contributed by atoms with Gasteiger partial charge < -0.3 is 21.5 Å². The van der Waals surface area contributed by atoms with Gasteiger partial charge in [0.2, 0.25) is 17.8 Å². The van der Waals surface area contributed by atoms with Crippen LogP contribution in [0, 0.1) is 29.3 Å². The van der Waals surface area contributed by atoms with E-state index in [0.717, 1.165) is 25.0 Å². The predicted molar refractivity (Wildman–Crippen MR) is 132 cm³/mol. The second-order valence-corrected chi connectivity index (χ2v) is 10.2. The Kier molecular flexibility index (Phi) is 6.93. The number of aliphatic hydroxyl groups excluding tert-OH is 1. The van der Waals surface area contributed by atoms with Gasteiger partial charge >= 0.3 is 0 Å². The summed E-state index contributed by atoms with van der Waals surface area (Å²) >= 11 is 0. The number of amides is 1. The quantitative estimate of drug-likeness (QED) is 0.361. The van der Waals surface area contributed by atoms with E-state index in [0.29, 0.717) is 49.2 Å². The van der Waals surface area contributed by atoms with Crippen LogP contribution in [-0.2, 0) is 4.79 Å². The molecule has 37 heavy (non-hydrogen) atoms. The molecule has 9 nitrogen and oxygen atoms in total. The second-order valence-electron chi connectivity index (χ2n) is 10.2. The van der Waals surface area contributed by atoms with Gasteiger partial charge in [-0.25, -0.2) is 23.1 Å². The van der Waals surface area contributed by atoms with Crippen LogP contribution >= 0.6 is 0 Å². The van der Waals surface area contributed by atoms with Crippen molar-refractivity contribution in [1.82, 2.24) is 19.5 Å². The third kappa shape index (κ3) is 5.07. The molecule has 2 saturated carbocycles. The minimum Gasteiger partial charge on any atom is -0.393 e. The van der Waals surface area contributed by atoms with Crippen molar-refractivity contribution >= 4 is 34.7 Å². The minimum absolute atomic E-state index is 0.000826. The molecule has 0 saturated heterocycles. The van der Waals surface area contributed by atoms with Gasteiger partial charge in [0, 0.05) is 18.0 Å². The largest absolute Gasteiger partial charge is 0.393 e. The number of nitrogens with one attached hydrogen (secondary N) is 2. The number of fused-ring (bicyclic) bond motifs is 1. The Morgan fingerprint density at radius 2 is 1.81 bits per heavy atom. The van der Waals surface area contributed by atoms with Crippen molar-refractivity contribution < 1.29 is 23.1 Å². The molecule has 0 radical (unpaired) electrons. The fourth-order valence-electron chi connectivity index (χ4n) is 5.38. The van der Waals surface area contributed by atoms with Crippen LogP contribution in [0.15, 0.2) is 18.3 Å². The average Bonchev–Trinajstić information content (AvgIpc) is 3.23. The summed E-state index contributed by atoms with van der Waals surface area (Å²) in [5.74, 6) is -3.43. The van der Waals surface area contributed by atoms with E-state index in [9.17, 15) is 23.1 Å². The maximum atomic E-state index is 14.5. The molecule has 3 atom stereocenters. The van der Waals surface area contributed by atoms with Crippen molar-refractivity contribution in [1.29, 1.82) is 0 Å². The van der Waals surface area contributed by atoms with Gasteiger partial charge in [-0.2, -0.15) is 4.98 Å². The van der Waals surface area contributed by atoms with Crippen LogP contribution in [0.5, 0.6) is 0 Å². The SMILES string of the molecule is C[C@@H]1CC[C@@H](Nc2ncc3nc(Nc4c(F)ccc(F)c4F)n([C@H]4CC[C@@H](C(N)=O)CC4)c3n2)C[C@H]1O. The fraction of sp³-hybridized carbons (Fsp3) is 0.520. The summed E-state index contributed by atoms with van der Waals surface area (Å²) in [4.78, 5) is 25.2. The highest BCUT2D eigenvalue weighted by Crippen LogP contribution is 2.38. The number of halogens is 3. The number of carbonyl (C=O) groups excluding carboxylic acids is 1. The van der Waals surface area contributed by atoms with Gasteiger partial charge in [-0.15, -0.1) is 0 Å². The first-order valence-corrected chi connectivity index (χ1v) is 12.6. The Balaban J connectivity index is 1.51. The summed E-state index contributed by atoms with van der Waals surface area (Å²) in [5, 5.41) is 16.2. The van der Waals surface area contributed by atoms with E-state index >= 15 is 0 Å². The number of aromatic nitrogens is 4. The van der Waals surface area contributed by atoms with Crippen LogP contribution in [0.3, 0.4) is 0 Å². The van der Waals surface area contributed by atoms with Crippen molar-refractivity contribution in [2.75, 3.05) is 10.6 Å². The van der Waals surface area contributed by atoms with Crippen molar-refractivity contribution in [3.05, 3.63) is 35.8 Å². The third-order valence-corrected chi connectivity index (χ3v) is 7.66. The summed E-state index contributed by atoms with van der Waals surface area (Å²) < 4.78 is 44.5. The predicted octanol–water partition coefficient (Wildman–Crippen LogP) is 4.17. The Labute approximate surface area is 211 Å². The lowest BCUT2D eigenvalue weighted by Crippen LogP contribution is -2.35. The average molecular weight is 518 g/mol. The van der Waals surface area contributed by atoms with Crippen molar-refractivity contribution in [3.63, 3.8) is 0 Å². The van der Waals surface area contributed by atoms with Gasteiger partial charge in [0.25, 0.3) is 0 Å². The van der Waals surface area contributed by atoms with Crippen molar-refractivity contribution in [2.45, 2.75) is 70.1 Å². The molecule has 2 fully saturated rings. The number of carbonyl (C=O) groups is 1. The van der Waals surface area contributed by atoms with E-state index in [1.807, 2.05) is 6.92 Å². The molecule has 0 bridgehead atoms. The van der Waals surface area contributed by atoms with Gasteiger partial charge in [0.1, 0.15) is 17.0 Å². The zero-order valence-electron chi connectivity index (χ0n) is 20.4. The normalized spacial score (nSPS) is 26.2. The molecule has 198 valence electrons. The fourth-order valence-corrected chi connectivity index (χ4v) is 5.38. The van der Waals surface area contributed by atoms with Crippen molar-refractivity contribution in [3.8, 4) is 0 Å². The molecule has 0 unspecified atom stereocenters. The number of primary amides is 1. The first-order chi connectivity index (χ1) is 17.7. The molecule has 3 aromatic rings. The standard InChI is InChI=1S/C25H30F3N7O2/c1-12-2-5-14(10-19(12)36)31-24-30-11-18-23(34-24)35(15-6-3-13(4-7-15)22(29)37)25(32-18)33-21-17(27)9-8-16(26)20(21)28/h8-9,11-15,19,36H,2-7,10H2,1H3,(H2,29,37)(H,32,33)(H,30,31,34)/t12-,13-,14-,15+,19-/m1/s1. The summed E-state index contributed by atoms with van der Waals surface area (Å²) in [5.41, 5.74) is 5.66. The zero-order valence-corrected chi connectivity index (χ0v) is 20.4. The van der Waals surface area contributed by atoms with Crippen LogP contribution in [0.4, 0.5) is 30.8 Å².